The van der Waals surface area contributed by atoms with Crippen molar-refractivity contribution in [1.29, 1.82) is 0 Å². The lowest BCUT2D eigenvalue weighted by Gasteiger charge is -2.07. The van der Waals surface area contributed by atoms with Crippen molar-refractivity contribution < 1.29 is 23.8 Å². The van der Waals surface area contributed by atoms with Crippen molar-refractivity contribution in [1.82, 2.24) is 0 Å². The highest BCUT2D eigenvalue weighted by molar-refractivity contribution is 5.91. The molecular weight excluding hydrogens is 416 g/mol. The van der Waals surface area contributed by atoms with Gasteiger partial charge in [0.05, 0.1) is 12.2 Å². The molecule has 0 saturated carbocycles. The van der Waals surface area contributed by atoms with Crippen LogP contribution in [0.25, 0.3) is 6.08 Å². The minimum Gasteiger partial charge on any atom is -0.494 e. The highest BCUT2D eigenvalue weighted by Gasteiger charge is 2.09. The van der Waals surface area contributed by atoms with E-state index in [2.05, 4.69) is 6.92 Å². The maximum atomic E-state index is 12.4. The summed E-state index contributed by atoms with van der Waals surface area (Å²) in [6, 6.07) is 23.3. The van der Waals surface area contributed by atoms with Crippen LogP contribution in [-0.2, 0) is 16.1 Å². The molecule has 0 spiro atoms. The predicted octanol–water partition coefficient (Wildman–Crippen LogP) is 6.23. The van der Waals surface area contributed by atoms with Crippen LogP contribution in [-0.4, -0.2) is 18.5 Å². The van der Waals surface area contributed by atoms with Gasteiger partial charge in [-0.3, -0.25) is 0 Å². The third-order valence-electron chi connectivity index (χ3n) is 4.83. The summed E-state index contributed by atoms with van der Waals surface area (Å²) < 4.78 is 16.3. The van der Waals surface area contributed by atoms with E-state index in [4.69, 9.17) is 14.2 Å². The quantitative estimate of drug-likeness (QED) is 0.152. The largest absolute Gasteiger partial charge is 0.494 e. The van der Waals surface area contributed by atoms with Gasteiger partial charge >= 0.3 is 11.9 Å². The van der Waals surface area contributed by atoms with Crippen LogP contribution >= 0.6 is 0 Å². The third-order valence-corrected chi connectivity index (χ3v) is 4.83. The molecule has 0 unspecified atom stereocenters. The number of ether oxygens (including phenoxy) is 3. The van der Waals surface area contributed by atoms with E-state index in [1.165, 1.54) is 6.08 Å². The summed E-state index contributed by atoms with van der Waals surface area (Å²) in [4.78, 5) is 24.3. The van der Waals surface area contributed by atoms with Crippen molar-refractivity contribution in [2.75, 3.05) is 6.61 Å². The van der Waals surface area contributed by atoms with E-state index in [1.807, 2.05) is 30.3 Å². The van der Waals surface area contributed by atoms with Crippen LogP contribution in [0.15, 0.2) is 84.9 Å². The van der Waals surface area contributed by atoms with Gasteiger partial charge in [0.25, 0.3) is 0 Å². The van der Waals surface area contributed by atoms with E-state index in [0.29, 0.717) is 17.9 Å². The molecule has 0 atom stereocenters. The van der Waals surface area contributed by atoms with E-state index in [9.17, 15) is 9.59 Å². The number of esters is 2. The second-order valence-electron chi connectivity index (χ2n) is 7.47. The van der Waals surface area contributed by atoms with Gasteiger partial charge in [-0.1, -0.05) is 62.2 Å². The lowest BCUT2D eigenvalue weighted by molar-refractivity contribution is -0.138. The number of hydrogen-bond acceptors (Lipinski definition) is 5. The van der Waals surface area contributed by atoms with Gasteiger partial charge in [-0.15, -0.1) is 0 Å². The second kappa shape index (κ2) is 12.9. The van der Waals surface area contributed by atoms with Gasteiger partial charge in [0, 0.05) is 6.08 Å². The average molecular weight is 445 g/mol. The van der Waals surface area contributed by atoms with Gasteiger partial charge in [-0.2, -0.15) is 0 Å². The second-order valence-corrected chi connectivity index (χ2v) is 7.47. The molecule has 0 aliphatic rings. The van der Waals surface area contributed by atoms with Crippen molar-refractivity contribution in [3.8, 4) is 11.5 Å². The van der Waals surface area contributed by atoms with Crippen LogP contribution in [0.3, 0.4) is 0 Å². The van der Waals surface area contributed by atoms with Gasteiger partial charge in [0.1, 0.15) is 18.1 Å². The van der Waals surface area contributed by atoms with Crippen LogP contribution in [0.1, 0.15) is 47.7 Å². The molecule has 3 aromatic carbocycles. The van der Waals surface area contributed by atoms with E-state index in [1.54, 1.807) is 54.6 Å². The zero-order valence-corrected chi connectivity index (χ0v) is 18.7. The molecule has 170 valence electrons. The first-order chi connectivity index (χ1) is 16.1. The Balaban J connectivity index is 1.46. The molecular formula is C28H28O5. The molecule has 0 fully saturated rings. The molecule has 5 heteroatoms. The fourth-order valence-electron chi connectivity index (χ4n) is 2.98. The number of carbonyl (C=O) groups excluding carboxylic acids is 2. The minimum absolute atomic E-state index is 0.227. The van der Waals surface area contributed by atoms with Crippen molar-refractivity contribution in [3.63, 3.8) is 0 Å². The van der Waals surface area contributed by atoms with Crippen molar-refractivity contribution >= 4 is 18.0 Å². The molecule has 0 amide bonds. The Bertz CT molecular complexity index is 1040. The van der Waals surface area contributed by atoms with Crippen LogP contribution < -0.4 is 9.47 Å². The molecule has 0 saturated heterocycles. The molecule has 0 N–H and O–H groups in total. The smallest absolute Gasteiger partial charge is 0.343 e. The Labute approximate surface area is 194 Å². The lowest BCUT2D eigenvalue weighted by Crippen LogP contribution is -2.08. The number of rotatable bonds is 11. The number of unbranched alkanes of at least 4 members (excludes halogenated alkanes) is 2. The Kier molecular flexibility index (Phi) is 9.28. The summed E-state index contributed by atoms with van der Waals surface area (Å²) >= 11 is 0. The van der Waals surface area contributed by atoms with Crippen LogP contribution in [0.2, 0.25) is 0 Å². The highest BCUT2D eigenvalue weighted by Crippen LogP contribution is 2.17. The summed E-state index contributed by atoms with van der Waals surface area (Å²) in [5, 5.41) is 0. The summed E-state index contributed by atoms with van der Waals surface area (Å²) in [7, 11) is 0. The zero-order valence-electron chi connectivity index (χ0n) is 18.7. The summed E-state index contributed by atoms with van der Waals surface area (Å²) in [6.07, 6.45) is 6.32. The zero-order chi connectivity index (χ0) is 23.3. The van der Waals surface area contributed by atoms with Gasteiger partial charge in [0.2, 0.25) is 0 Å². The highest BCUT2D eigenvalue weighted by atomic mass is 16.5. The maximum absolute atomic E-state index is 12.4. The normalized spacial score (nSPS) is 10.7. The van der Waals surface area contributed by atoms with Crippen molar-refractivity contribution in [2.24, 2.45) is 0 Å². The fourth-order valence-corrected chi connectivity index (χ4v) is 2.98. The fraction of sp³-hybridized carbons (Fsp3) is 0.214. The molecule has 5 nitrogen and oxygen atoms in total. The Morgan fingerprint density at radius 3 is 2.21 bits per heavy atom. The lowest BCUT2D eigenvalue weighted by atomic mass is 10.2. The Hall–Kier alpha value is -3.86. The first-order valence-corrected chi connectivity index (χ1v) is 11.1. The molecule has 33 heavy (non-hydrogen) atoms. The number of carbonyl (C=O) groups is 2. The summed E-state index contributed by atoms with van der Waals surface area (Å²) in [5.74, 6) is 0.289. The van der Waals surface area contributed by atoms with Crippen molar-refractivity contribution in [2.45, 2.75) is 32.8 Å². The SMILES string of the molecule is CCCCCOc1ccc(C(=O)Oc2ccc(/C=C/C(=O)OCc3ccccc3)cc2)cc1. The molecule has 0 heterocycles. The van der Waals surface area contributed by atoms with E-state index in [-0.39, 0.29) is 6.61 Å². The molecule has 0 bridgehead atoms. The maximum Gasteiger partial charge on any atom is 0.343 e. The molecule has 0 radical (unpaired) electrons. The average Bonchev–Trinajstić information content (AvgIpc) is 2.86. The van der Waals surface area contributed by atoms with Crippen LogP contribution in [0.5, 0.6) is 11.5 Å². The standard InChI is InChI=1S/C28H28O5/c1-2-3-7-20-31-25-17-13-24(14-18-25)28(30)33-26-15-10-22(11-16-26)12-19-27(29)32-21-23-8-5-4-6-9-23/h4-6,8-19H,2-3,7,20-21H2,1H3/b19-12+. The molecule has 3 rings (SSSR count). The van der Waals surface area contributed by atoms with Gasteiger partial charge < -0.3 is 14.2 Å². The van der Waals surface area contributed by atoms with Gasteiger partial charge in [-0.25, -0.2) is 9.59 Å². The van der Waals surface area contributed by atoms with Crippen LogP contribution in [0, 0.1) is 0 Å². The van der Waals surface area contributed by atoms with E-state index >= 15 is 0 Å². The Morgan fingerprint density at radius 1 is 0.818 bits per heavy atom. The van der Waals surface area contributed by atoms with E-state index in [0.717, 1.165) is 36.1 Å². The van der Waals surface area contributed by atoms with Crippen LogP contribution in [0.4, 0.5) is 0 Å². The molecule has 3 aromatic rings. The topological polar surface area (TPSA) is 61.8 Å². The van der Waals surface area contributed by atoms with Crippen molar-refractivity contribution in [3.05, 3.63) is 102 Å². The van der Waals surface area contributed by atoms with E-state index < -0.39 is 11.9 Å². The monoisotopic (exact) mass is 444 g/mol. The first-order valence-electron chi connectivity index (χ1n) is 11.1. The Morgan fingerprint density at radius 2 is 1.52 bits per heavy atom. The minimum atomic E-state index is -0.444. The van der Waals surface area contributed by atoms with Gasteiger partial charge in [-0.05, 0) is 60.0 Å². The number of hydrogen-bond donors (Lipinski definition) is 0. The summed E-state index contributed by atoms with van der Waals surface area (Å²) in [5.41, 5.74) is 2.16. The summed E-state index contributed by atoms with van der Waals surface area (Å²) in [6.45, 7) is 3.04. The molecule has 0 aromatic heterocycles. The van der Waals surface area contributed by atoms with Gasteiger partial charge in [0.15, 0.2) is 0 Å². The first kappa shape index (κ1) is 23.8. The predicted molar refractivity (Wildman–Crippen MR) is 128 cm³/mol. The number of benzene rings is 3. The third kappa shape index (κ3) is 8.30. The molecule has 0 aliphatic carbocycles. The molecule has 0 aliphatic heterocycles.